The van der Waals surface area contributed by atoms with Gasteiger partial charge in [0.15, 0.2) is 0 Å². The molecule has 0 amide bonds. The van der Waals surface area contributed by atoms with E-state index in [9.17, 15) is 4.79 Å². The standard InChI is InChI=1S/C9H18O5/c1-12-9(11)3-2-5-13-7-8-14-6-4-10/h10H,2-8H2,1H3. The Balaban J connectivity index is 2.95. The number of ether oxygens (including phenoxy) is 3. The molecule has 0 heterocycles. The number of esters is 1. The molecule has 0 saturated carbocycles. The molecule has 0 unspecified atom stereocenters. The van der Waals surface area contributed by atoms with Crippen LogP contribution in [0.3, 0.4) is 0 Å². The third-order valence-corrected chi connectivity index (χ3v) is 1.50. The lowest BCUT2D eigenvalue weighted by atomic mass is 10.3. The van der Waals surface area contributed by atoms with E-state index in [-0.39, 0.29) is 12.6 Å². The van der Waals surface area contributed by atoms with Gasteiger partial charge in [-0.25, -0.2) is 0 Å². The van der Waals surface area contributed by atoms with Crippen LogP contribution in [0.15, 0.2) is 0 Å². The maximum Gasteiger partial charge on any atom is 0.305 e. The number of hydrogen-bond donors (Lipinski definition) is 1. The van der Waals surface area contributed by atoms with Gasteiger partial charge in [-0.15, -0.1) is 0 Å². The molecular weight excluding hydrogens is 188 g/mol. The van der Waals surface area contributed by atoms with Gasteiger partial charge in [0.1, 0.15) is 0 Å². The van der Waals surface area contributed by atoms with Crippen molar-refractivity contribution in [3.63, 3.8) is 0 Å². The number of carbonyl (C=O) groups is 1. The van der Waals surface area contributed by atoms with Gasteiger partial charge in [0, 0.05) is 13.0 Å². The summed E-state index contributed by atoms with van der Waals surface area (Å²) in [6, 6.07) is 0. The van der Waals surface area contributed by atoms with E-state index in [0.29, 0.717) is 39.3 Å². The van der Waals surface area contributed by atoms with Crippen LogP contribution in [0.4, 0.5) is 0 Å². The molecule has 0 aromatic carbocycles. The second kappa shape index (κ2) is 10.4. The summed E-state index contributed by atoms with van der Waals surface area (Å²) in [4.78, 5) is 10.7. The van der Waals surface area contributed by atoms with Crippen LogP contribution in [-0.2, 0) is 19.0 Å². The van der Waals surface area contributed by atoms with Crippen molar-refractivity contribution < 1.29 is 24.1 Å². The van der Waals surface area contributed by atoms with Gasteiger partial charge in [0.05, 0.1) is 33.5 Å². The van der Waals surface area contributed by atoms with E-state index in [4.69, 9.17) is 14.6 Å². The normalized spacial score (nSPS) is 10.1. The van der Waals surface area contributed by atoms with E-state index in [2.05, 4.69) is 4.74 Å². The van der Waals surface area contributed by atoms with Gasteiger partial charge < -0.3 is 19.3 Å². The first-order chi connectivity index (χ1) is 6.81. The van der Waals surface area contributed by atoms with Crippen molar-refractivity contribution >= 4 is 5.97 Å². The second-order valence-electron chi connectivity index (χ2n) is 2.63. The van der Waals surface area contributed by atoms with Crippen LogP contribution in [0.1, 0.15) is 12.8 Å². The van der Waals surface area contributed by atoms with E-state index in [1.54, 1.807) is 0 Å². The largest absolute Gasteiger partial charge is 0.469 e. The van der Waals surface area contributed by atoms with Crippen LogP contribution in [-0.4, -0.2) is 51.2 Å². The Morgan fingerprint density at radius 3 is 2.36 bits per heavy atom. The first-order valence-corrected chi connectivity index (χ1v) is 4.64. The quantitative estimate of drug-likeness (QED) is 0.424. The molecule has 0 rings (SSSR count). The number of aliphatic hydroxyl groups excluding tert-OH is 1. The smallest absolute Gasteiger partial charge is 0.305 e. The van der Waals surface area contributed by atoms with Crippen molar-refractivity contribution in [3.05, 3.63) is 0 Å². The summed E-state index contributed by atoms with van der Waals surface area (Å²) in [6.45, 7) is 1.85. The van der Waals surface area contributed by atoms with Crippen molar-refractivity contribution in [2.24, 2.45) is 0 Å². The van der Waals surface area contributed by atoms with Crippen molar-refractivity contribution in [3.8, 4) is 0 Å². The maximum atomic E-state index is 10.7. The third-order valence-electron chi connectivity index (χ3n) is 1.50. The van der Waals surface area contributed by atoms with Gasteiger partial charge in [0.2, 0.25) is 0 Å². The lowest BCUT2D eigenvalue weighted by Gasteiger charge is -2.04. The fourth-order valence-corrected chi connectivity index (χ4v) is 0.807. The van der Waals surface area contributed by atoms with Crippen LogP contribution < -0.4 is 0 Å². The highest BCUT2D eigenvalue weighted by atomic mass is 16.5. The molecular formula is C9H18O5. The average Bonchev–Trinajstić information content (AvgIpc) is 2.21. The fraction of sp³-hybridized carbons (Fsp3) is 0.889. The highest BCUT2D eigenvalue weighted by molar-refractivity contribution is 5.68. The molecule has 5 heteroatoms. The van der Waals surface area contributed by atoms with Gasteiger partial charge in [-0.05, 0) is 6.42 Å². The lowest BCUT2D eigenvalue weighted by molar-refractivity contribution is -0.141. The van der Waals surface area contributed by atoms with E-state index < -0.39 is 0 Å². The zero-order valence-electron chi connectivity index (χ0n) is 8.53. The molecule has 0 spiro atoms. The zero-order chi connectivity index (χ0) is 10.6. The van der Waals surface area contributed by atoms with Crippen molar-refractivity contribution in [1.82, 2.24) is 0 Å². The van der Waals surface area contributed by atoms with Crippen LogP contribution in [0, 0.1) is 0 Å². The zero-order valence-corrected chi connectivity index (χ0v) is 8.53. The predicted molar refractivity (Wildman–Crippen MR) is 50.0 cm³/mol. The predicted octanol–water partition coefficient (Wildman–Crippen LogP) is -0.0349. The summed E-state index contributed by atoms with van der Waals surface area (Å²) < 4.78 is 14.6. The van der Waals surface area contributed by atoms with Gasteiger partial charge in [-0.2, -0.15) is 0 Å². The summed E-state index contributed by atoms with van der Waals surface area (Å²) in [6.07, 6.45) is 1.04. The van der Waals surface area contributed by atoms with Gasteiger partial charge >= 0.3 is 5.97 Å². The molecule has 0 aliphatic heterocycles. The van der Waals surface area contributed by atoms with E-state index >= 15 is 0 Å². The maximum absolute atomic E-state index is 10.7. The molecule has 0 atom stereocenters. The molecule has 0 radical (unpaired) electrons. The Morgan fingerprint density at radius 2 is 1.79 bits per heavy atom. The minimum absolute atomic E-state index is 0.0301. The number of aliphatic hydroxyl groups is 1. The first kappa shape index (κ1) is 13.4. The lowest BCUT2D eigenvalue weighted by Crippen LogP contribution is -2.09. The molecule has 0 aromatic rings. The number of hydrogen-bond acceptors (Lipinski definition) is 5. The topological polar surface area (TPSA) is 65.0 Å². The molecule has 14 heavy (non-hydrogen) atoms. The Morgan fingerprint density at radius 1 is 1.14 bits per heavy atom. The number of carbonyl (C=O) groups excluding carboxylic acids is 1. The molecule has 0 aliphatic carbocycles. The molecule has 0 aliphatic rings. The summed E-state index contributed by atoms with van der Waals surface area (Å²) >= 11 is 0. The third kappa shape index (κ3) is 9.44. The summed E-state index contributed by atoms with van der Waals surface area (Å²) in [5.41, 5.74) is 0. The minimum Gasteiger partial charge on any atom is -0.469 e. The highest BCUT2D eigenvalue weighted by Gasteiger charge is 1.98. The molecule has 84 valence electrons. The molecule has 1 N–H and O–H groups in total. The van der Waals surface area contributed by atoms with Crippen molar-refractivity contribution in [2.45, 2.75) is 12.8 Å². The van der Waals surface area contributed by atoms with Crippen LogP contribution in [0.2, 0.25) is 0 Å². The average molecular weight is 206 g/mol. The van der Waals surface area contributed by atoms with Gasteiger partial charge in [-0.1, -0.05) is 0 Å². The fourth-order valence-electron chi connectivity index (χ4n) is 0.807. The molecule has 0 aromatic heterocycles. The molecule has 5 nitrogen and oxygen atoms in total. The summed E-state index contributed by atoms with van der Waals surface area (Å²) in [5, 5.41) is 8.38. The second-order valence-corrected chi connectivity index (χ2v) is 2.63. The Labute approximate surface area is 84.0 Å². The Hall–Kier alpha value is -0.650. The number of methoxy groups -OCH3 is 1. The Bertz CT molecular complexity index is 137. The van der Waals surface area contributed by atoms with E-state index in [1.807, 2.05) is 0 Å². The van der Waals surface area contributed by atoms with Gasteiger partial charge in [0.25, 0.3) is 0 Å². The SMILES string of the molecule is COC(=O)CCCOCCOCCO. The van der Waals surface area contributed by atoms with Crippen LogP contribution in [0.5, 0.6) is 0 Å². The first-order valence-electron chi connectivity index (χ1n) is 4.64. The van der Waals surface area contributed by atoms with E-state index in [1.165, 1.54) is 7.11 Å². The molecule has 0 fully saturated rings. The molecule has 0 saturated heterocycles. The van der Waals surface area contributed by atoms with E-state index in [0.717, 1.165) is 0 Å². The number of rotatable bonds is 9. The Kier molecular flexibility index (Phi) is 9.95. The van der Waals surface area contributed by atoms with Gasteiger partial charge in [-0.3, -0.25) is 4.79 Å². The van der Waals surface area contributed by atoms with Crippen LogP contribution in [0.25, 0.3) is 0 Å². The highest BCUT2D eigenvalue weighted by Crippen LogP contribution is 1.92. The minimum atomic E-state index is -0.217. The summed E-state index contributed by atoms with van der Waals surface area (Å²) in [7, 11) is 1.37. The summed E-state index contributed by atoms with van der Waals surface area (Å²) in [5.74, 6) is -0.217. The van der Waals surface area contributed by atoms with Crippen molar-refractivity contribution in [1.29, 1.82) is 0 Å². The van der Waals surface area contributed by atoms with Crippen molar-refractivity contribution in [2.75, 3.05) is 40.1 Å². The monoisotopic (exact) mass is 206 g/mol. The molecule has 0 bridgehead atoms. The van der Waals surface area contributed by atoms with Crippen LogP contribution >= 0.6 is 0 Å².